The monoisotopic (exact) mass is 294 g/mol. The highest BCUT2D eigenvalue weighted by Gasteiger charge is 2.52. The lowest BCUT2D eigenvalue weighted by Gasteiger charge is -2.52. The maximum absolute atomic E-state index is 12.0. The standard InChI is InChI=1S/C17H26O4/c1-15(20-12-13-21-15)4-3-5-16-6-9-17(10-7-16,11-8-16)14(18)19-2/h12-13H,3-11H2,1-2H3. The first-order valence-electron chi connectivity index (χ1n) is 8.11. The number of hydrogen-bond acceptors (Lipinski definition) is 4. The second-order valence-corrected chi connectivity index (χ2v) is 7.27. The van der Waals surface area contributed by atoms with Crippen molar-refractivity contribution in [3.8, 4) is 0 Å². The van der Waals surface area contributed by atoms with E-state index < -0.39 is 5.79 Å². The normalized spacial score (nSPS) is 36.1. The van der Waals surface area contributed by atoms with Crippen LogP contribution in [0.25, 0.3) is 0 Å². The molecule has 0 amide bonds. The SMILES string of the molecule is COC(=O)C12CCC(CCCC3(C)OC=CO3)(CC1)CC2. The minimum absolute atomic E-state index is 0.0159. The summed E-state index contributed by atoms with van der Waals surface area (Å²) in [7, 11) is 1.52. The summed E-state index contributed by atoms with van der Waals surface area (Å²) in [6.07, 6.45) is 13.0. The zero-order valence-electron chi connectivity index (χ0n) is 13.2. The van der Waals surface area contributed by atoms with E-state index in [4.69, 9.17) is 14.2 Å². The molecule has 4 aliphatic rings. The van der Waals surface area contributed by atoms with Crippen LogP contribution >= 0.6 is 0 Å². The minimum Gasteiger partial charge on any atom is -0.469 e. The summed E-state index contributed by atoms with van der Waals surface area (Å²) in [6.45, 7) is 1.99. The molecule has 0 aromatic carbocycles. The van der Waals surface area contributed by atoms with E-state index in [1.807, 2.05) is 6.92 Å². The summed E-state index contributed by atoms with van der Waals surface area (Å²) in [5.41, 5.74) is 0.280. The first-order valence-corrected chi connectivity index (χ1v) is 8.11. The van der Waals surface area contributed by atoms with Gasteiger partial charge in [-0.15, -0.1) is 0 Å². The number of fused-ring (bicyclic) bond motifs is 3. The van der Waals surface area contributed by atoms with Crippen molar-refractivity contribution < 1.29 is 19.0 Å². The Morgan fingerprint density at radius 1 is 1.05 bits per heavy atom. The summed E-state index contributed by atoms with van der Waals surface area (Å²) in [5, 5.41) is 0. The van der Waals surface area contributed by atoms with Gasteiger partial charge < -0.3 is 14.2 Å². The molecule has 1 aliphatic heterocycles. The maximum Gasteiger partial charge on any atom is 0.311 e. The highest BCUT2D eigenvalue weighted by Crippen LogP contribution is 2.59. The largest absolute Gasteiger partial charge is 0.469 e. The molecule has 0 saturated heterocycles. The second kappa shape index (κ2) is 5.22. The Labute approximate surface area is 126 Å². The molecule has 0 N–H and O–H groups in total. The predicted octanol–water partition coefficient (Wildman–Crippen LogP) is 3.90. The molecule has 21 heavy (non-hydrogen) atoms. The number of esters is 1. The molecule has 3 fully saturated rings. The van der Waals surface area contributed by atoms with Gasteiger partial charge in [-0.25, -0.2) is 0 Å². The number of ether oxygens (including phenoxy) is 3. The third-order valence-corrected chi connectivity index (χ3v) is 6.05. The minimum atomic E-state index is -0.463. The van der Waals surface area contributed by atoms with Gasteiger partial charge in [0, 0.05) is 13.3 Å². The van der Waals surface area contributed by atoms with Crippen molar-refractivity contribution in [3.63, 3.8) is 0 Å². The van der Waals surface area contributed by atoms with Gasteiger partial charge in [0.2, 0.25) is 5.79 Å². The highest BCUT2D eigenvalue weighted by atomic mass is 16.7. The van der Waals surface area contributed by atoms with Crippen molar-refractivity contribution in [3.05, 3.63) is 12.5 Å². The molecule has 2 bridgehead atoms. The number of methoxy groups -OCH3 is 1. The second-order valence-electron chi connectivity index (χ2n) is 7.27. The van der Waals surface area contributed by atoms with Crippen LogP contribution in [0.5, 0.6) is 0 Å². The zero-order valence-corrected chi connectivity index (χ0v) is 13.2. The van der Waals surface area contributed by atoms with Gasteiger partial charge in [-0.1, -0.05) is 0 Å². The van der Waals surface area contributed by atoms with E-state index in [0.717, 1.165) is 32.1 Å². The van der Waals surface area contributed by atoms with Gasteiger partial charge in [-0.05, 0) is 56.8 Å². The molecule has 0 unspecified atom stereocenters. The van der Waals surface area contributed by atoms with E-state index >= 15 is 0 Å². The topological polar surface area (TPSA) is 44.8 Å². The van der Waals surface area contributed by atoms with Gasteiger partial charge in [-0.2, -0.15) is 0 Å². The molecular weight excluding hydrogens is 268 g/mol. The molecule has 4 rings (SSSR count). The smallest absolute Gasteiger partial charge is 0.311 e. The Morgan fingerprint density at radius 3 is 2.14 bits per heavy atom. The lowest BCUT2D eigenvalue weighted by atomic mass is 9.52. The number of carbonyl (C=O) groups is 1. The maximum atomic E-state index is 12.0. The van der Waals surface area contributed by atoms with Crippen LogP contribution in [0.15, 0.2) is 12.5 Å². The van der Waals surface area contributed by atoms with Gasteiger partial charge in [-0.3, -0.25) is 4.79 Å². The van der Waals surface area contributed by atoms with Gasteiger partial charge in [0.15, 0.2) is 0 Å². The number of hydrogen-bond donors (Lipinski definition) is 0. The van der Waals surface area contributed by atoms with Crippen LogP contribution in [0.1, 0.15) is 64.7 Å². The highest BCUT2D eigenvalue weighted by molar-refractivity contribution is 5.77. The van der Waals surface area contributed by atoms with Crippen molar-refractivity contribution in [2.45, 2.75) is 70.5 Å². The van der Waals surface area contributed by atoms with Crippen molar-refractivity contribution in [2.24, 2.45) is 10.8 Å². The lowest BCUT2D eigenvalue weighted by Crippen LogP contribution is -2.46. The summed E-state index contributed by atoms with van der Waals surface area (Å²) >= 11 is 0. The van der Waals surface area contributed by atoms with E-state index in [2.05, 4.69) is 0 Å². The fraction of sp³-hybridized carbons (Fsp3) is 0.824. The molecular formula is C17H26O4. The van der Waals surface area contributed by atoms with Crippen LogP contribution in [-0.4, -0.2) is 18.9 Å². The van der Waals surface area contributed by atoms with Gasteiger partial charge in [0.25, 0.3) is 0 Å². The molecule has 0 aromatic rings. The first-order chi connectivity index (χ1) is 10.0. The Hall–Kier alpha value is -1.19. The molecule has 4 nitrogen and oxygen atoms in total. The van der Waals surface area contributed by atoms with Gasteiger partial charge in [0.05, 0.1) is 12.5 Å². The molecule has 0 radical (unpaired) electrons. The lowest BCUT2D eigenvalue weighted by molar-refractivity contribution is -0.163. The quantitative estimate of drug-likeness (QED) is 0.721. The summed E-state index contributed by atoms with van der Waals surface area (Å²) < 4.78 is 16.0. The number of carbonyl (C=O) groups excluding carboxylic acids is 1. The van der Waals surface area contributed by atoms with Crippen LogP contribution in [0.4, 0.5) is 0 Å². The Morgan fingerprint density at radius 2 is 1.62 bits per heavy atom. The molecule has 118 valence electrons. The Balaban J connectivity index is 1.51. The third-order valence-electron chi connectivity index (χ3n) is 6.05. The molecule has 3 saturated carbocycles. The van der Waals surface area contributed by atoms with E-state index in [0.29, 0.717) is 5.41 Å². The zero-order chi connectivity index (χ0) is 15.0. The van der Waals surface area contributed by atoms with Crippen molar-refractivity contribution in [1.82, 2.24) is 0 Å². The van der Waals surface area contributed by atoms with E-state index in [1.54, 1.807) is 12.5 Å². The molecule has 0 atom stereocenters. The average molecular weight is 294 g/mol. The van der Waals surface area contributed by atoms with Crippen molar-refractivity contribution in [1.29, 1.82) is 0 Å². The van der Waals surface area contributed by atoms with E-state index in [-0.39, 0.29) is 11.4 Å². The van der Waals surface area contributed by atoms with Crippen LogP contribution in [0.2, 0.25) is 0 Å². The summed E-state index contributed by atoms with van der Waals surface area (Å²) in [5.74, 6) is -0.447. The van der Waals surface area contributed by atoms with Crippen LogP contribution < -0.4 is 0 Å². The average Bonchev–Trinajstić information content (AvgIpc) is 2.95. The molecule has 0 spiro atoms. The Kier molecular flexibility index (Phi) is 3.66. The van der Waals surface area contributed by atoms with Crippen molar-refractivity contribution >= 4 is 5.97 Å². The van der Waals surface area contributed by atoms with Crippen LogP contribution in [0, 0.1) is 10.8 Å². The third kappa shape index (κ3) is 2.65. The Bertz CT molecular complexity index is 408. The van der Waals surface area contributed by atoms with E-state index in [9.17, 15) is 4.79 Å². The molecule has 3 aliphatic carbocycles. The number of rotatable bonds is 5. The van der Waals surface area contributed by atoms with Crippen molar-refractivity contribution in [2.75, 3.05) is 7.11 Å². The molecule has 1 heterocycles. The summed E-state index contributed by atoms with van der Waals surface area (Å²) in [6, 6.07) is 0. The fourth-order valence-corrected chi connectivity index (χ4v) is 4.43. The predicted molar refractivity (Wildman–Crippen MR) is 78.2 cm³/mol. The summed E-state index contributed by atoms with van der Waals surface area (Å²) in [4.78, 5) is 12.0. The first kappa shape index (κ1) is 14.7. The van der Waals surface area contributed by atoms with Crippen LogP contribution in [0.3, 0.4) is 0 Å². The molecule has 4 heteroatoms. The van der Waals surface area contributed by atoms with E-state index in [1.165, 1.54) is 32.8 Å². The van der Waals surface area contributed by atoms with Gasteiger partial charge in [0.1, 0.15) is 12.5 Å². The van der Waals surface area contributed by atoms with Gasteiger partial charge >= 0.3 is 5.97 Å². The molecule has 0 aromatic heterocycles. The van der Waals surface area contributed by atoms with Crippen LogP contribution in [-0.2, 0) is 19.0 Å². The fourth-order valence-electron chi connectivity index (χ4n) is 4.43.